The van der Waals surface area contributed by atoms with E-state index in [1.807, 2.05) is 0 Å². The number of rotatable bonds is 9. The highest BCUT2D eigenvalue weighted by Crippen LogP contribution is 2.41. The van der Waals surface area contributed by atoms with Gasteiger partial charge in [0.05, 0.1) is 48.0 Å². The maximum Gasteiger partial charge on any atom is 0.336 e. The van der Waals surface area contributed by atoms with Crippen molar-refractivity contribution >= 4 is 52.6 Å². The molecule has 1 saturated heterocycles. The average Bonchev–Trinajstić information content (AvgIpc) is 2.96. The zero-order chi connectivity index (χ0) is 30.7. The quantitative estimate of drug-likeness (QED) is 0.156. The molecule has 0 aromatic heterocycles. The summed E-state index contributed by atoms with van der Waals surface area (Å²) in [6.07, 6.45) is 1.19. The van der Waals surface area contributed by atoms with E-state index in [2.05, 4.69) is 5.32 Å². The second-order valence-electron chi connectivity index (χ2n) is 8.30. The Hall–Kier alpha value is -5.70. The van der Waals surface area contributed by atoms with Crippen molar-refractivity contribution in [3.05, 3.63) is 84.9 Å². The van der Waals surface area contributed by atoms with Crippen molar-refractivity contribution in [2.45, 2.75) is 0 Å². The minimum atomic E-state index is -1.03. The van der Waals surface area contributed by atoms with Gasteiger partial charge in [-0.05, 0) is 29.8 Å². The van der Waals surface area contributed by atoms with Crippen molar-refractivity contribution in [3.8, 4) is 28.7 Å². The van der Waals surface area contributed by atoms with E-state index in [0.29, 0.717) is 4.90 Å². The molecule has 1 aliphatic rings. The third-order valence-electron chi connectivity index (χ3n) is 5.86. The average molecular weight is 599 g/mol. The molecule has 15 nitrogen and oxygen atoms in total. The van der Waals surface area contributed by atoms with E-state index < -0.39 is 44.6 Å². The van der Waals surface area contributed by atoms with E-state index >= 15 is 0 Å². The van der Waals surface area contributed by atoms with E-state index in [1.54, 1.807) is 0 Å². The van der Waals surface area contributed by atoms with Crippen LogP contribution in [0, 0.1) is 20.2 Å². The van der Waals surface area contributed by atoms with Gasteiger partial charge in [0.25, 0.3) is 17.5 Å². The number of ether oxygens (including phenoxy) is 4. The number of nitrogens with one attached hydrogen (secondary N) is 1. The summed E-state index contributed by atoms with van der Waals surface area (Å²) in [6, 6.07) is 8.61. The Balaban J connectivity index is 1.71. The summed E-state index contributed by atoms with van der Waals surface area (Å²) in [5, 5.41) is 24.7. The van der Waals surface area contributed by atoms with Crippen molar-refractivity contribution < 1.29 is 43.2 Å². The number of nitro groups is 2. The Kier molecular flexibility index (Phi) is 8.24. The number of methoxy groups -OCH3 is 3. The van der Waals surface area contributed by atoms with Gasteiger partial charge in [-0.2, -0.15) is 0 Å². The van der Waals surface area contributed by atoms with Gasteiger partial charge in [0.1, 0.15) is 17.1 Å². The van der Waals surface area contributed by atoms with E-state index in [1.165, 1.54) is 57.7 Å². The number of hydrogen-bond acceptors (Lipinski definition) is 11. The second-order valence-corrected chi connectivity index (χ2v) is 8.70. The number of urea groups is 1. The highest BCUT2D eigenvalue weighted by atomic mass is 35.5. The van der Waals surface area contributed by atoms with Crippen molar-refractivity contribution in [1.82, 2.24) is 5.32 Å². The van der Waals surface area contributed by atoms with Crippen LogP contribution < -0.4 is 29.2 Å². The number of hydrogen-bond donors (Lipinski definition) is 1. The Morgan fingerprint density at radius 3 is 2.10 bits per heavy atom. The standard InChI is InChI=1S/C26H19ClN4O11/c1-39-21-12-17(22(40-2)11-16(21)27)29-25(33)15(24(32)28-26(29)34)8-13-4-6-20(23(9-13)41-3)42-19-7-5-14(30(35)36)10-18(19)31(37)38/h4-12H,1-3H3,(H,28,32,34)/b15-8+. The lowest BCUT2D eigenvalue weighted by molar-refractivity contribution is -0.394. The molecule has 3 aromatic rings. The molecule has 1 heterocycles. The molecule has 0 spiro atoms. The van der Waals surface area contributed by atoms with Gasteiger partial charge >= 0.3 is 11.7 Å². The number of amides is 4. The summed E-state index contributed by atoms with van der Waals surface area (Å²) >= 11 is 6.13. The fourth-order valence-corrected chi connectivity index (χ4v) is 4.12. The van der Waals surface area contributed by atoms with Crippen molar-refractivity contribution in [1.29, 1.82) is 0 Å². The van der Waals surface area contributed by atoms with Crippen molar-refractivity contribution in [2.75, 3.05) is 26.2 Å². The number of carbonyl (C=O) groups excluding carboxylic acids is 3. The highest BCUT2D eigenvalue weighted by molar-refractivity contribution is 6.39. The van der Waals surface area contributed by atoms with Crippen LogP contribution >= 0.6 is 11.6 Å². The van der Waals surface area contributed by atoms with Gasteiger partial charge in [0, 0.05) is 18.2 Å². The molecule has 42 heavy (non-hydrogen) atoms. The molecular formula is C26H19ClN4O11. The molecule has 0 radical (unpaired) electrons. The molecule has 0 saturated carbocycles. The van der Waals surface area contributed by atoms with Gasteiger partial charge in [-0.3, -0.25) is 35.1 Å². The lowest BCUT2D eigenvalue weighted by Gasteiger charge is -2.28. The normalized spacial score (nSPS) is 14.0. The summed E-state index contributed by atoms with van der Waals surface area (Å²) in [5.41, 5.74) is -1.36. The Morgan fingerprint density at radius 2 is 1.48 bits per heavy atom. The summed E-state index contributed by atoms with van der Waals surface area (Å²) in [5.74, 6) is -2.01. The highest BCUT2D eigenvalue weighted by Gasteiger charge is 2.38. The Bertz CT molecular complexity index is 1690. The van der Waals surface area contributed by atoms with Crippen LogP contribution in [0.3, 0.4) is 0 Å². The lowest BCUT2D eigenvalue weighted by Crippen LogP contribution is -2.54. The molecule has 4 rings (SSSR count). The number of nitro benzene ring substituents is 2. The maximum atomic E-state index is 13.4. The van der Waals surface area contributed by atoms with Gasteiger partial charge < -0.3 is 18.9 Å². The summed E-state index contributed by atoms with van der Waals surface area (Å²) < 4.78 is 21.4. The molecule has 16 heteroatoms. The molecule has 216 valence electrons. The van der Waals surface area contributed by atoms with Crippen molar-refractivity contribution in [3.63, 3.8) is 0 Å². The van der Waals surface area contributed by atoms with Crippen LogP contribution in [-0.2, 0) is 9.59 Å². The van der Waals surface area contributed by atoms with Crippen LogP contribution in [-0.4, -0.2) is 49.0 Å². The third-order valence-corrected chi connectivity index (χ3v) is 6.16. The minimum absolute atomic E-state index is 0.00850. The summed E-state index contributed by atoms with van der Waals surface area (Å²) in [7, 11) is 3.92. The molecule has 0 unspecified atom stereocenters. The first kappa shape index (κ1) is 29.3. The number of benzene rings is 3. The van der Waals surface area contributed by atoms with Crippen LogP contribution in [0.5, 0.6) is 28.7 Å². The van der Waals surface area contributed by atoms with Crippen LogP contribution in [0.2, 0.25) is 5.02 Å². The lowest BCUT2D eigenvalue weighted by atomic mass is 10.1. The Morgan fingerprint density at radius 1 is 0.810 bits per heavy atom. The zero-order valence-corrected chi connectivity index (χ0v) is 22.7. The molecule has 1 fully saturated rings. The minimum Gasteiger partial charge on any atom is -0.495 e. The van der Waals surface area contributed by atoms with Crippen LogP contribution in [0.25, 0.3) is 6.08 Å². The van der Waals surface area contributed by atoms with Gasteiger partial charge in [0.2, 0.25) is 5.75 Å². The number of anilines is 1. The summed E-state index contributed by atoms with van der Waals surface area (Å²) in [6.45, 7) is 0. The zero-order valence-electron chi connectivity index (χ0n) is 21.9. The fourth-order valence-electron chi connectivity index (χ4n) is 3.89. The first-order chi connectivity index (χ1) is 20.0. The van der Waals surface area contributed by atoms with Crippen molar-refractivity contribution in [2.24, 2.45) is 0 Å². The van der Waals surface area contributed by atoms with E-state index in [4.69, 9.17) is 30.5 Å². The fraction of sp³-hybridized carbons (Fsp3) is 0.115. The Labute approximate surface area is 241 Å². The van der Waals surface area contributed by atoms with Crippen LogP contribution in [0.4, 0.5) is 21.9 Å². The summed E-state index contributed by atoms with van der Waals surface area (Å²) in [4.78, 5) is 60.4. The van der Waals surface area contributed by atoms with Crippen LogP contribution in [0.15, 0.2) is 54.1 Å². The molecule has 1 aliphatic heterocycles. The molecule has 4 amide bonds. The molecule has 1 N–H and O–H groups in total. The van der Waals surface area contributed by atoms with Gasteiger partial charge in [0.15, 0.2) is 11.5 Å². The smallest absolute Gasteiger partial charge is 0.336 e. The number of barbiturate groups is 1. The number of imide groups is 2. The number of non-ortho nitro benzene ring substituents is 1. The third kappa shape index (κ3) is 5.62. The largest absolute Gasteiger partial charge is 0.495 e. The number of nitrogens with zero attached hydrogens (tertiary/aromatic N) is 3. The first-order valence-corrected chi connectivity index (χ1v) is 12.0. The van der Waals surface area contributed by atoms with Gasteiger partial charge in [-0.1, -0.05) is 17.7 Å². The molecule has 0 atom stereocenters. The number of carbonyl (C=O) groups is 3. The van der Waals surface area contributed by atoms with E-state index in [9.17, 15) is 34.6 Å². The predicted molar refractivity (Wildman–Crippen MR) is 146 cm³/mol. The topological polar surface area (TPSA) is 190 Å². The second kappa shape index (κ2) is 11.8. The SMILES string of the molecule is COc1cc(N2C(=O)NC(=O)/C(=C\c3ccc(Oc4ccc([N+](=O)[O-])cc4[N+](=O)[O-])c(OC)c3)C2=O)c(OC)cc1Cl. The molecule has 3 aromatic carbocycles. The van der Waals surface area contributed by atoms with Gasteiger partial charge in [-0.15, -0.1) is 0 Å². The van der Waals surface area contributed by atoms with E-state index in [0.717, 1.165) is 18.2 Å². The van der Waals surface area contributed by atoms with E-state index in [-0.39, 0.29) is 45.0 Å². The molecule has 0 bridgehead atoms. The maximum absolute atomic E-state index is 13.4. The monoisotopic (exact) mass is 598 g/mol. The van der Waals surface area contributed by atoms with Gasteiger partial charge in [-0.25, -0.2) is 9.69 Å². The molecule has 0 aliphatic carbocycles. The van der Waals surface area contributed by atoms with Crippen LogP contribution in [0.1, 0.15) is 5.56 Å². The predicted octanol–water partition coefficient (Wildman–Crippen LogP) is 4.64. The number of halogens is 1. The molecular weight excluding hydrogens is 580 g/mol. The first-order valence-electron chi connectivity index (χ1n) is 11.6.